The first-order chi connectivity index (χ1) is 9.31. The second-order valence-electron chi connectivity index (χ2n) is 4.10. The molecular weight excluding hydrogens is 330 g/mol. The van der Waals surface area contributed by atoms with Crippen LogP contribution in [0.3, 0.4) is 0 Å². The van der Waals surface area contributed by atoms with Gasteiger partial charge in [-0.1, -0.05) is 12.1 Å². The minimum Gasteiger partial charge on any atom is -0.480 e. The molecule has 5 N–H and O–H groups in total. The van der Waals surface area contributed by atoms with E-state index in [2.05, 4.69) is 26.6 Å². The van der Waals surface area contributed by atoms with Crippen LogP contribution >= 0.6 is 15.9 Å². The van der Waals surface area contributed by atoms with Crippen molar-refractivity contribution in [2.24, 2.45) is 5.73 Å². The number of aryl methyl sites for hydroxylation is 1. The quantitative estimate of drug-likeness (QED) is 0.641. The van der Waals surface area contributed by atoms with Crippen molar-refractivity contribution < 1.29 is 19.5 Å². The van der Waals surface area contributed by atoms with Crippen molar-refractivity contribution >= 4 is 39.5 Å². The third-order valence-electron chi connectivity index (χ3n) is 2.45. The number of urea groups is 1. The van der Waals surface area contributed by atoms with Crippen molar-refractivity contribution in [3.8, 4) is 0 Å². The summed E-state index contributed by atoms with van der Waals surface area (Å²) in [6.45, 7) is 1.85. The Morgan fingerprint density at radius 3 is 2.60 bits per heavy atom. The van der Waals surface area contributed by atoms with Crippen molar-refractivity contribution in [1.29, 1.82) is 0 Å². The van der Waals surface area contributed by atoms with Gasteiger partial charge >= 0.3 is 12.0 Å². The molecule has 0 saturated heterocycles. The number of carboxylic acid groups (broad SMARTS) is 1. The average molecular weight is 344 g/mol. The fourth-order valence-electron chi connectivity index (χ4n) is 1.46. The molecule has 3 amide bonds. The molecule has 108 valence electrons. The molecule has 0 aromatic heterocycles. The molecule has 0 fully saturated rings. The number of anilines is 1. The van der Waals surface area contributed by atoms with Gasteiger partial charge in [0.1, 0.15) is 6.04 Å². The lowest BCUT2D eigenvalue weighted by Crippen LogP contribution is -2.45. The van der Waals surface area contributed by atoms with E-state index in [9.17, 15) is 14.4 Å². The van der Waals surface area contributed by atoms with Crippen LogP contribution in [-0.2, 0) is 9.59 Å². The third kappa shape index (κ3) is 4.54. The first-order valence-corrected chi connectivity index (χ1v) is 6.44. The average Bonchev–Trinajstić information content (AvgIpc) is 2.33. The SMILES string of the molecule is Cc1cccc(NC(=O)N[C@@H](CC(N)=O)C(=O)O)c1Br. The number of carbonyl (C=O) groups is 3. The van der Waals surface area contributed by atoms with Crippen LogP contribution in [0.4, 0.5) is 10.5 Å². The predicted molar refractivity (Wildman–Crippen MR) is 76.3 cm³/mol. The monoisotopic (exact) mass is 343 g/mol. The second-order valence-corrected chi connectivity index (χ2v) is 4.89. The van der Waals surface area contributed by atoms with E-state index in [1.54, 1.807) is 12.1 Å². The molecule has 0 spiro atoms. The Kier molecular flexibility index (Phi) is 5.51. The number of carbonyl (C=O) groups excluding carboxylic acids is 2. The minimum absolute atomic E-state index is 0.474. The molecule has 8 heteroatoms. The smallest absolute Gasteiger partial charge is 0.326 e. The third-order valence-corrected chi connectivity index (χ3v) is 3.50. The zero-order valence-corrected chi connectivity index (χ0v) is 12.2. The van der Waals surface area contributed by atoms with E-state index in [-0.39, 0.29) is 0 Å². The Balaban J connectivity index is 2.73. The number of halogens is 1. The summed E-state index contributed by atoms with van der Waals surface area (Å²) in [5, 5.41) is 13.5. The molecule has 0 heterocycles. The number of carboxylic acids is 1. The topological polar surface area (TPSA) is 122 Å². The van der Waals surface area contributed by atoms with Gasteiger partial charge in [-0.2, -0.15) is 0 Å². The van der Waals surface area contributed by atoms with Gasteiger partial charge in [-0.3, -0.25) is 4.79 Å². The number of primary amides is 1. The molecule has 0 saturated carbocycles. The van der Waals surface area contributed by atoms with Gasteiger partial charge in [0.15, 0.2) is 0 Å². The van der Waals surface area contributed by atoms with Crippen LogP contribution in [-0.4, -0.2) is 29.1 Å². The van der Waals surface area contributed by atoms with E-state index in [0.29, 0.717) is 10.2 Å². The summed E-state index contributed by atoms with van der Waals surface area (Å²) in [6.07, 6.45) is -0.474. The Bertz CT molecular complexity index is 548. The van der Waals surface area contributed by atoms with Crippen LogP contribution in [0.5, 0.6) is 0 Å². The lowest BCUT2D eigenvalue weighted by molar-refractivity contribution is -0.140. The second kappa shape index (κ2) is 6.90. The van der Waals surface area contributed by atoms with Gasteiger partial charge in [-0.15, -0.1) is 0 Å². The fraction of sp³-hybridized carbons (Fsp3) is 0.250. The zero-order chi connectivity index (χ0) is 15.3. The van der Waals surface area contributed by atoms with Gasteiger partial charge in [-0.25, -0.2) is 9.59 Å². The van der Waals surface area contributed by atoms with E-state index in [4.69, 9.17) is 10.8 Å². The fourth-order valence-corrected chi connectivity index (χ4v) is 1.83. The maximum Gasteiger partial charge on any atom is 0.326 e. The normalized spacial score (nSPS) is 11.5. The van der Waals surface area contributed by atoms with Gasteiger partial charge in [0.2, 0.25) is 5.91 Å². The van der Waals surface area contributed by atoms with Crippen molar-refractivity contribution in [3.63, 3.8) is 0 Å². The number of hydrogen-bond donors (Lipinski definition) is 4. The first kappa shape index (κ1) is 16.0. The summed E-state index contributed by atoms with van der Waals surface area (Å²) < 4.78 is 0.692. The Morgan fingerprint density at radius 1 is 1.40 bits per heavy atom. The highest BCUT2D eigenvalue weighted by Gasteiger charge is 2.22. The van der Waals surface area contributed by atoms with E-state index >= 15 is 0 Å². The Hall–Kier alpha value is -2.09. The molecule has 1 aromatic carbocycles. The van der Waals surface area contributed by atoms with E-state index in [1.807, 2.05) is 13.0 Å². The summed E-state index contributed by atoms with van der Waals surface area (Å²) in [5.41, 5.74) is 6.33. The van der Waals surface area contributed by atoms with Gasteiger partial charge in [-0.05, 0) is 34.5 Å². The number of nitrogens with one attached hydrogen (secondary N) is 2. The van der Waals surface area contributed by atoms with Crippen molar-refractivity contribution in [2.75, 3.05) is 5.32 Å². The predicted octanol–water partition coefficient (Wildman–Crippen LogP) is 1.21. The highest BCUT2D eigenvalue weighted by molar-refractivity contribution is 9.10. The molecule has 0 aliphatic rings. The maximum absolute atomic E-state index is 11.7. The summed E-state index contributed by atoms with van der Waals surface area (Å²) >= 11 is 3.31. The van der Waals surface area contributed by atoms with Gasteiger partial charge in [0.25, 0.3) is 0 Å². The number of hydrogen-bond acceptors (Lipinski definition) is 3. The van der Waals surface area contributed by atoms with Crippen LogP contribution in [0.1, 0.15) is 12.0 Å². The number of nitrogens with two attached hydrogens (primary N) is 1. The molecule has 0 unspecified atom stereocenters. The first-order valence-electron chi connectivity index (χ1n) is 5.65. The minimum atomic E-state index is -1.36. The van der Waals surface area contributed by atoms with Crippen LogP contribution < -0.4 is 16.4 Å². The summed E-state index contributed by atoms with van der Waals surface area (Å²) in [6, 6.07) is 3.15. The molecule has 1 atom stereocenters. The van der Waals surface area contributed by atoms with Crippen LogP contribution in [0, 0.1) is 6.92 Å². The summed E-state index contributed by atoms with van der Waals surface area (Å²) in [5.74, 6) is -2.14. The standard InChI is InChI=1S/C12H14BrN3O4/c1-6-3-2-4-7(10(6)13)15-12(20)16-8(11(18)19)5-9(14)17/h2-4,8H,5H2,1H3,(H2,14,17)(H,18,19)(H2,15,16,20)/t8-/m0/s1. The summed E-state index contributed by atoms with van der Waals surface area (Å²) in [4.78, 5) is 33.3. The van der Waals surface area contributed by atoms with Crippen molar-refractivity contribution in [2.45, 2.75) is 19.4 Å². The largest absolute Gasteiger partial charge is 0.480 e. The molecule has 0 aliphatic carbocycles. The number of aliphatic carboxylic acids is 1. The van der Waals surface area contributed by atoms with Gasteiger partial charge in [0, 0.05) is 4.47 Å². The highest BCUT2D eigenvalue weighted by Crippen LogP contribution is 2.25. The molecule has 0 aliphatic heterocycles. The van der Waals surface area contributed by atoms with Crippen molar-refractivity contribution in [1.82, 2.24) is 5.32 Å². The summed E-state index contributed by atoms with van der Waals surface area (Å²) in [7, 11) is 0. The molecule has 1 aromatic rings. The highest BCUT2D eigenvalue weighted by atomic mass is 79.9. The van der Waals surface area contributed by atoms with E-state index in [1.165, 1.54) is 0 Å². The number of rotatable bonds is 5. The van der Waals surface area contributed by atoms with Crippen molar-refractivity contribution in [3.05, 3.63) is 28.2 Å². The van der Waals surface area contributed by atoms with Crippen LogP contribution in [0.25, 0.3) is 0 Å². The lowest BCUT2D eigenvalue weighted by atomic mass is 10.2. The van der Waals surface area contributed by atoms with Gasteiger partial charge in [0.05, 0.1) is 12.1 Å². The van der Waals surface area contributed by atoms with Crippen LogP contribution in [0.2, 0.25) is 0 Å². The van der Waals surface area contributed by atoms with Crippen LogP contribution in [0.15, 0.2) is 22.7 Å². The molecule has 7 nitrogen and oxygen atoms in total. The molecule has 0 radical (unpaired) electrons. The maximum atomic E-state index is 11.7. The Labute approximate surface area is 123 Å². The molecular formula is C12H14BrN3O4. The van der Waals surface area contributed by atoms with E-state index in [0.717, 1.165) is 5.56 Å². The van der Waals surface area contributed by atoms with E-state index < -0.39 is 30.4 Å². The molecule has 20 heavy (non-hydrogen) atoms. The van der Waals surface area contributed by atoms with Gasteiger partial charge < -0.3 is 21.5 Å². The molecule has 0 bridgehead atoms. The lowest BCUT2D eigenvalue weighted by Gasteiger charge is -2.14. The molecule has 1 rings (SSSR count). The number of amides is 3. The Morgan fingerprint density at radius 2 is 2.05 bits per heavy atom. The number of benzene rings is 1. The zero-order valence-electron chi connectivity index (χ0n) is 10.6.